The van der Waals surface area contributed by atoms with E-state index < -0.39 is 46.8 Å². The van der Waals surface area contributed by atoms with E-state index in [-0.39, 0.29) is 17.2 Å². The average Bonchev–Trinajstić information content (AvgIpc) is 3.39. The topological polar surface area (TPSA) is 73.2 Å². The Bertz CT molecular complexity index is 1750. The van der Waals surface area contributed by atoms with Gasteiger partial charge in [-0.1, -0.05) is 29.5 Å². The Morgan fingerprint density at radius 3 is 2.30 bits per heavy atom. The standard InChI is InChI=1S/C31H23ClF5N5O2/c1-41-40-39-19-42(41)18-30(43,26-12-9-24(33)15-28(26)35)31(36,37)29-13-6-21(16-38-29)3-2-20-4-10-25(11-5-20)44-17-22-7-8-23(32)14-27(22)34/h4-16,19,40,43H,17-18H2,1H3. The molecule has 0 radical (unpaired) electrons. The zero-order chi connectivity index (χ0) is 31.5. The van der Waals surface area contributed by atoms with Gasteiger partial charge in [-0.05, 0) is 60.7 Å². The maximum atomic E-state index is 16.0. The second kappa shape index (κ2) is 12.5. The largest absolute Gasteiger partial charge is 0.489 e. The summed E-state index contributed by atoms with van der Waals surface area (Å²) in [4.78, 5) is 3.83. The van der Waals surface area contributed by atoms with Crippen LogP contribution in [0.3, 0.4) is 0 Å². The number of ether oxygens (including phenoxy) is 1. The molecule has 0 spiro atoms. The first kappa shape index (κ1) is 30.7. The summed E-state index contributed by atoms with van der Waals surface area (Å²) in [5.74, 6) is -0.798. The highest BCUT2D eigenvalue weighted by Crippen LogP contribution is 2.46. The van der Waals surface area contributed by atoms with E-state index in [0.717, 1.165) is 35.7 Å². The van der Waals surface area contributed by atoms with Gasteiger partial charge in [-0.2, -0.15) is 13.9 Å². The number of aromatic nitrogens is 1. The first-order chi connectivity index (χ1) is 21.0. The molecular formula is C31H23ClF5N5O2. The molecule has 0 fully saturated rings. The summed E-state index contributed by atoms with van der Waals surface area (Å²) < 4.78 is 80.0. The van der Waals surface area contributed by atoms with E-state index in [2.05, 4.69) is 27.5 Å². The molecule has 1 aliphatic rings. The van der Waals surface area contributed by atoms with Crippen molar-refractivity contribution in [3.63, 3.8) is 0 Å². The van der Waals surface area contributed by atoms with Gasteiger partial charge >= 0.3 is 5.92 Å². The predicted molar refractivity (Wildman–Crippen MR) is 153 cm³/mol. The first-order valence-corrected chi connectivity index (χ1v) is 13.3. The molecule has 2 N–H and O–H groups in total. The molecule has 5 rings (SSSR count). The highest BCUT2D eigenvalue weighted by atomic mass is 35.5. The normalized spacial score (nSPS) is 14.5. The van der Waals surface area contributed by atoms with E-state index in [9.17, 15) is 18.3 Å². The maximum absolute atomic E-state index is 16.0. The number of hydrogen-bond donors (Lipinski definition) is 2. The molecule has 2 heterocycles. The number of hydrazone groups is 1. The van der Waals surface area contributed by atoms with Crippen LogP contribution in [0.15, 0.2) is 84.1 Å². The molecule has 0 bridgehead atoms. The second-order valence-electron chi connectivity index (χ2n) is 9.76. The molecule has 0 amide bonds. The van der Waals surface area contributed by atoms with Gasteiger partial charge in [-0.25, -0.2) is 18.7 Å². The molecule has 1 unspecified atom stereocenters. The monoisotopic (exact) mass is 627 g/mol. The average molecular weight is 628 g/mol. The van der Waals surface area contributed by atoms with Gasteiger partial charge in [0.2, 0.25) is 0 Å². The van der Waals surface area contributed by atoms with Crippen molar-refractivity contribution >= 4 is 17.9 Å². The van der Waals surface area contributed by atoms with Gasteiger partial charge in [0.25, 0.3) is 0 Å². The smallest absolute Gasteiger partial charge is 0.323 e. The Kier molecular flexibility index (Phi) is 8.73. The Labute approximate surface area is 254 Å². The van der Waals surface area contributed by atoms with Crippen molar-refractivity contribution in [1.29, 1.82) is 0 Å². The zero-order valence-electron chi connectivity index (χ0n) is 22.9. The summed E-state index contributed by atoms with van der Waals surface area (Å²) >= 11 is 5.76. The Balaban J connectivity index is 1.33. The maximum Gasteiger partial charge on any atom is 0.323 e. The fraction of sp³-hybridized carbons (Fsp3) is 0.161. The van der Waals surface area contributed by atoms with Crippen LogP contribution < -0.4 is 10.3 Å². The first-order valence-electron chi connectivity index (χ1n) is 13.0. The third-order valence-corrected chi connectivity index (χ3v) is 7.00. The number of rotatable bonds is 8. The Morgan fingerprint density at radius 2 is 1.66 bits per heavy atom. The van der Waals surface area contributed by atoms with Crippen molar-refractivity contribution in [3.05, 3.63) is 129 Å². The lowest BCUT2D eigenvalue weighted by Crippen LogP contribution is -2.55. The predicted octanol–water partition coefficient (Wildman–Crippen LogP) is 5.72. The molecule has 1 aromatic heterocycles. The summed E-state index contributed by atoms with van der Waals surface area (Å²) in [6.45, 7) is -0.855. The van der Waals surface area contributed by atoms with Crippen LogP contribution in [0.5, 0.6) is 5.75 Å². The van der Waals surface area contributed by atoms with Crippen LogP contribution in [-0.4, -0.2) is 40.1 Å². The fourth-order valence-corrected chi connectivity index (χ4v) is 4.47. The lowest BCUT2D eigenvalue weighted by molar-refractivity contribution is -0.214. The molecule has 13 heteroatoms. The minimum Gasteiger partial charge on any atom is -0.489 e. The van der Waals surface area contributed by atoms with Crippen LogP contribution in [0.4, 0.5) is 22.0 Å². The van der Waals surface area contributed by atoms with Crippen molar-refractivity contribution in [3.8, 4) is 17.6 Å². The van der Waals surface area contributed by atoms with Crippen LogP contribution in [-0.2, 0) is 18.1 Å². The number of hydrogen-bond acceptors (Lipinski definition) is 7. The molecule has 7 nitrogen and oxygen atoms in total. The lowest BCUT2D eigenvalue weighted by Gasteiger charge is -2.39. The van der Waals surface area contributed by atoms with Gasteiger partial charge < -0.3 is 9.84 Å². The van der Waals surface area contributed by atoms with Crippen LogP contribution in [0.1, 0.15) is 27.9 Å². The van der Waals surface area contributed by atoms with Gasteiger partial charge in [0.05, 0.1) is 6.54 Å². The molecule has 0 aliphatic carbocycles. The minimum absolute atomic E-state index is 0.00117. The number of hydrazine groups is 2. The van der Waals surface area contributed by atoms with Crippen LogP contribution in [0, 0.1) is 29.3 Å². The molecular weight excluding hydrogens is 605 g/mol. The fourth-order valence-electron chi connectivity index (χ4n) is 4.31. The number of benzene rings is 3. The molecule has 0 saturated heterocycles. The van der Waals surface area contributed by atoms with Crippen molar-refractivity contribution in [2.45, 2.75) is 18.1 Å². The number of halogens is 6. The number of nitrogens with zero attached hydrogens (tertiary/aromatic N) is 4. The van der Waals surface area contributed by atoms with Gasteiger partial charge in [0, 0.05) is 46.6 Å². The quantitative estimate of drug-likeness (QED) is 0.192. The molecule has 4 aromatic rings. The van der Waals surface area contributed by atoms with Gasteiger partial charge in [-0.3, -0.25) is 9.99 Å². The Morgan fingerprint density at radius 1 is 0.932 bits per heavy atom. The van der Waals surface area contributed by atoms with Crippen LogP contribution in [0.25, 0.3) is 0 Å². The van der Waals surface area contributed by atoms with E-state index in [4.69, 9.17) is 16.3 Å². The lowest BCUT2D eigenvalue weighted by atomic mass is 9.84. The second-order valence-corrected chi connectivity index (χ2v) is 10.2. The van der Waals surface area contributed by atoms with E-state index in [0.29, 0.717) is 22.9 Å². The molecule has 1 aliphatic heterocycles. The summed E-state index contributed by atoms with van der Waals surface area (Å²) in [6, 6.07) is 15.2. The van der Waals surface area contributed by atoms with Gasteiger partial charge in [0.15, 0.2) is 5.60 Å². The van der Waals surface area contributed by atoms with Gasteiger partial charge in [-0.15, -0.1) is 5.12 Å². The zero-order valence-corrected chi connectivity index (χ0v) is 23.7. The van der Waals surface area contributed by atoms with Crippen molar-refractivity contribution in [2.75, 3.05) is 13.6 Å². The third-order valence-electron chi connectivity index (χ3n) is 6.77. The van der Waals surface area contributed by atoms with E-state index in [1.807, 2.05) is 0 Å². The molecule has 226 valence electrons. The van der Waals surface area contributed by atoms with Crippen LogP contribution >= 0.6 is 11.6 Å². The van der Waals surface area contributed by atoms with E-state index in [1.165, 1.54) is 30.4 Å². The number of pyridine rings is 1. The van der Waals surface area contributed by atoms with Crippen molar-refractivity contribution in [1.82, 2.24) is 20.6 Å². The van der Waals surface area contributed by atoms with Crippen molar-refractivity contribution < 1.29 is 31.8 Å². The Hall–Kier alpha value is -4.70. The molecule has 44 heavy (non-hydrogen) atoms. The van der Waals surface area contributed by atoms with Gasteiger partial charge in [0.1, 0.15) is 41.8 Å². The summed E-state index contributed by atoms with van der Waals surface area (Å²) in [5, 5.41) is 17.7. The third kappa shape index (κ3) is 6.45. The summed E-state index contributed by atoms with van der Waals surface area (Å²) in [6.07, 6.45) is 2.23. The minimum atomic E-state index is -4.15. The SMILES string of the molecule is CN1NN=CN1CC(O)(c1ccc(F)cc1F)C(F)(F)c1ccc(C#Cc2ccc(OCc3ccc(Cl)cc3F)cc2)cn1. The summed E-state index contributed by atoms with van der Waals surface area (Å²) in [5.41, 5.74) is -1.19. The molecule has 1 atom stereocenters. The summed E-state index contributed by atoms with van der Waals surface area (Å²) in [7, 11) is 1.45. The molecule has 3 aromatic carbocycles. The van der Waals surface area contributed by atoms with E-state index >= 15 is 8.78 Å². The van der Waals surface area contributed by atoms with E-state index in [1.54, 1.807) is 30.3 Å². The van der Waals surface area contributed by atoms with Crippen LogP contribution in [0.2, 0.25) is 5.02 Å². The molecule has 0 saturated carbocycles. The highest BCUT2D eigenvalue weighted by molar-refractivity contribution is 6.30. The number of aliphatic hydroxyl groups is 1. The number of nitrogens with one attached hydrogen (secondary N) is 1. The van der Waals surface area contributed by atoms with Crippen molar-refractivity contribution in [2.24, 2.45) is 5.10 Å². The number of β-amino-alcohol motifs (C(OH)–C–C–N with tert-alkyl or cyclic N) is 1. The highest BCUT2D eigenvalue weighted by Gasteiger charge is 2.58. The number of alkyl halides is 2.